The Kier molecular flexibility index (Phi) is 1.98. The van der Waals surface area contributed by atoms with E-state index >= 15 is 0 Å². The number of hydrogen-bond donors (Lipinski definition) is 1. The standard InChI is InChI=1S/C15H26O/c1-10-5-6-11-13(2,3)12-9-15(10,11)8-7-14(12,4)16/h10-12,16H,5-9H2,1-4H3/t10?,11-,12+,14-,15-/m1/s1. The summed E-state index contributed by atoms with van der Waals surface area (Å²) in [6.07, 6.45) is 6.41. The van der Waals surface area contributed by atoms with Crippen LogP contribution in [0.25, 0.3) is 0 Å². The molecular formula is C15H26O. The second-order valence-electron chi connectivity index (χ2n) is 7.70. The van der Waals surface area contributed by atoms with E-state index < -0.39 is 5.60 Å². The van der Waals surface area contributed by atoms with Crippen LogP contribution in [0.4, 0.5) is 0 Å². The number of aliphatic hydroxyl groups is 1. The lowest BCUT2D eigenvalue weighted by atomic mass is 9.64. The third-order valence-corrected chi connectivity index (χ3v) is 6.79. The molecule has 92 valence electrons. The first-order valence-electron chi connectivity index (χ1n) is 7.03. The van der Waals surface area contributed by atoms with Crippen LogP contribution in [0, 0.1) is 28.6 Å². The van der Waals surface area contributed by atoms with Crippen LogP contribution < -0.4 is 0 Å². The van der Waals surface area contributed by atoms with Crippen LogP contribution >= 0.6 is 0 Å². The average Bonchev–Trinajstić information content (AvgIpc) is 2.58. The van der Waals surface area contributed by atoms with E-state index in [9.17, 15) is 5.11 Å². The van der Waals surface area contributed by atoms with Gasteiger partial charge in [0, 0.05) is 0 Å². The second-order valence-corrected chi connectivity index (χ2v) is 7.70. The lowest BCUT2D eigenvalue weighted by Crippen LogP contribution is -2.44. The van der Waals surface area contributed by atoms with Crippen molar-refractivity contribution in [3.05, 3.63) is 0 Å². The largest absolute Gasteiger partial charge is 0.390 e. The van der Waals surface area contributed by atoms with Crippen molar-refractivity contribution in [3.63, 3.8) is 0 Å². The van der Waals surface area contributed by atoms with Crippen LogP contribution in [0.2, 0.25) is 0 Å². The molecule has 3 saturated carbocycles. The highest BCUT2D eigenvalue weighted by Gasteiger charge is 2.67. The van der Waals surface area contributed by atoms with Crippen molar-refractivity contribution in [2.45, 2.75) is 65.4 Å². The summed E-state index contributed by atoms with van der Waals surface area (Å²) in [6.45, 7) is 9.38. The van der Waals surface area contributed by atoms with E-state index in [4.69, 9.17) is 0 Å². The van der Waals surface area contributed by atoms with E-state index in [0.717, 1.165) is 18.3 Å². The zero-order valence-corrected chi connectivity index (χ0v) is 11.2. The SMILES string of the molecule is CC1CC[C@@H]2C(C)(C)[C@@H]3C[C@]12CC[C@@]3(C)O. The minimum atomic E-state index is -0.404. The molecule has 0 heterocycles. The van der Waals surface area contributed by atoms with Gasteiger partial charge in [-0.05, 0) is 67.6 Å². The smallest absolute Gasteiger partial charge is 0.0653 e. The Balaban J connectivity index is 2.07. The van der Waals surface area contributed by atoms with E-state index in [0.29, 0.717) is 16.7 Å². The van der Waals surface area contributed by atoms with Crippen LogP contribution in [-0.4, -0.2) is 10.7 Å². The zero-order valence-electron chi connectivity index (χ0n) is 11.2. The highest BCUT2D eigenvalue weighted by Crippen LogP contribution is 2.73. The van der Waals surface area contributed by atoms with Crippen LogP contribution in [0.1, 0.15) is 59.8 Å². The third-order valence-electron chi connectivity index (χ3n) is 6.79. The topological polar surface area (TPSA) is 20.2 Å². The molecule has 0 aromatic heterocycles. The fraction of sp³-hybridized carbons (Fsp3) is 1.00. The first-order valence-corrected chi connectivity index (χ1v) is 7.03. The van der Waals surface area contributed by atoms with E-state index in [1.165, 1.54) is 25.7 Å². The fourth-order valence-corrected chi connectivity index (χ4v) is 5.88. The predicted molar refractivity (Wildman–Crippen MR) is 66.1 cm³/mol. The molecule has 1 heteroatoms. The summed E-state index contributed by atoms with van der Waals surface area (Å²) in [4.78, 5) is 0. The van der Waals surface area contributed by atoms with Crippen molar-refractivity contribution in [1.29, 1.82) is 0 Å². The fourth-order valence-electron chi connectivity index (χ4n) is 5.88. The molecule has 0 saturated heterocycles. The Morgan fingerprint density at radius 2 is 1.69 bits per heavy atom. The first kappa shape index (κ1) is 11.1. The Morgan fingerprint density at radius 3 is 2.38 bits per heavy atom. The van der Waals surface area contributed by atoms with Crippen LogP contribution in [0.5, 0.6) is 0 Å². The van der Waals surface area contributed by atoms with Gasteiger partial charge in [0.1, 0.15) is 0 Å². The van der Waals surface area contributed by atoms with Crippen molar-refractivity contribution < 1.29 is 5.11 Å². The van der Waals surface area contributed by atoms with E-state index in [1.54, 1.807) is 0 Å². The van der Waals surface area contributed by atoms with Gasteiger partial charge < -0.3 is 5.11 Å². The zero-order chi connectivity index (χ0) is 11.8. The second kappa shape index (κ2) is 2.85. The first-order chi connectivity index (χ1) is 7.31. The maximum atomic E-state index is 10.6. The molecule has 1 nitrogen and oxygen atoms in total. The summed E-state index contributed by atoms with van der Waals surface area (Å²) in [5, 5.41) is 10.6. The molecule has 1 N–H and O–H groups in total. The third kappa shape index (κ3) is 1.06. The van der Waals surface area contributed by atoms with E-state index in [1.807, 2.05) is 0 Å². The molecule has 0 aliphatic heterocycles. The number of hydrogen-bond acceptors (Lipinski definition) is 1. The molecule has 1 spiro atoms. The van der Waals surface area contributed by atoms with Crippen molar-refractivity contribution in [1.82, 2.24) is 0 Å². The van der Waals surface area contributed by atoms with Gasteiger partial charge in [-0.25, -0.2) is 0 Å². The molecular weight excluding hydrogens is 196 g/mol. The summed E-state index contributed by atoms with van der Waals surface area (Å²) >= 11 is 0. The van der Waals surface area contributed by atoms with Gasteiger partial charge in [-0.1, -0.05) is 20.8 Å². The molecule has 3 aliphatic carbocycles. The Morgan fingerprint density at radius 1 is 1.00 bits per heavy atom. The molecule has 3 rings (SSSR count). The molecule has 3 fully saturated rings. The maximum Gasteiger partial charge on any atom is 0.0653 e. The lowest BCUT2D eigenvalue weighted by Gasteiger charge is -2.44. The van der Waals surface area contributed by atoms with Gasteiger partial charge in [0.15, 0.2) is 0 Å². The van der Waals surface area contributed by atoms with Gasteiger partial charge in [0.05, 0.1) is 5.60 Å². The minimum absolute atomic E-state index is 0.352. The van der Waals surface area contributed by atoms with Crippen molar-refractivity contribution in [2.75, 3.05) is 0 Å². The molecule has 3 aliphatic rings. The molecule has 5 atom stereocenters. The molecule has 0 radical (unpaired) electrons. The Labute approximate surface area is 99.6 Å². The van der Waals surface area contributed by atoms with E-state index in [2.05, 4.69) is 27.7 Å². The van der Waals surface area contributed by atoms with Gasteiger partial charge in [-0.15, -0.1) is 0 Å². The summed E-state index contributed by atoms with van der Waals surface area (Å²) < 4.78 is 0. The van der Waals surface area contributed by atoms with Gasteiger partial charge in [-0.2, -0.15) is 0 Å². The summed E-state index contributed by atoms with van der Waals surface area (Å²) in [6, 6.07) is 0. The summed E-state index contributed by atoms with van der Waals surface area (Å²) in [5.74, 6) is 2.29. The molecule has 0 amide bonds. The van der Waals surface area contributed by atoms with Crippen LogP contribution in [-0.2, 0) is 0 Å². The quantitative estimate of drug-likeness (QED) is 0.664. The molecule has 2 bridgehead atoms. The monoisotopic (exact) mass is 222 g/mol. The minimum Gasteiger partial charge on any atom is -0.390 e. The normalized spacial score (nSPS) is 58.7. The lowest BCUT2D eigenvalue weighted by molar-refractivity contribution is -0.0717. The van der Waals surface area contributed by atoms with Gasteiger partial charge >= 0.3 is 0 Å². The van der Waals surface area contributed by atoms with Crippen LogP contribution in [0.15, 0.2) is 0 Å². The molecule has 16 heavy (non-hydrogen) atoms. The average molecular weight is 222 g/mol. The molecule has 0 aromatic rings. The highest BCUT2D eigenvalue weighted by molar-refractivity contribution is 5.16. The summed E-state index contributed by atoms with van der Waals surface area (Å²) in [7, 11) is 0. The predicted octanol–water partition coefficient (Wildman–Crippen LogP) is 3.61. The van der Waals surface area contributed by atoms with Gasteiger partial charge in [0.2, 0.25) is 0 Å². The molecule has 1 unspecified atom stereocenters. The van der Waals surface area contributed by atoms with Crippen molar-refractivity contribution >= 4 is 0 Å². The highest BCUT2D eigenvalue weighted by atomic mass is 16.3. The molecule has 0 aromatic carbocycles. The van der Waals surface area contributed by atoms with Gasteiger partial charge in [0.25, 0.3) is 0 Å². The Bertz CT molecular complexity index is 313. The van der Waals surface area contributed by atoms with Crippen molar-refractivity contribution in [2.24, 2.45) is 28.6 Å². The maximum absolute atomic E-state index is 10.6. The van der Waals surface area contributed by atoms with Gasteiger partial charge in [-0.3, -0.25) is 0 Å². The van der Waals surface area contributed by atoms with Crippen molar-refractivity contribution in [3.8, 4) is 0 Å². The van der Waals surface area contributed by atoms with Crippen LogP contribution in [0.3, 0.4) is 0 Å². The number of fused-ring (bicyclic) bond motifs is 1. The summed E-state index contributed by atoms with van der Waals surface area (Å²) in [5.41, 5.74) is 0.542. The Hall–Kier alpha value is -0.0400. The van der Waals surface area contributed by atoms with E-state index in [-0.39, 0.29) is 0 Å². The number of rotatable bonds is 0.